The number of rotatable bonds is 8. The summed E-state index contributed by atoms with van der Waals surface area (Å²) in [6, 6.07) is 3.24. The fourth-order valence-electron chi connectivity index (χ4n) is 4.39. The van der Waals surface area contributed by atoms with Gasteiger partial charge in [0.2, 0.25) is 11.8 Å². The van der Waals surface area contributed by atoms with Gasteiger partial charge in [-0.2, -0.15) is 0 Å². The molecule has 0 aliphatic heterocycles. The Morgan fingerprint density at radius 2 is 1.80 bits per heavy atom. The molecule has 1 aliphatic carbocycles. The molecule has 8 heteroatoms. The zero-order valence-electron chi connectivity index (χ0n) is 22.3. The number of carbonyl (C=O) groups is 3. The van der Waals surface area contributed by atoms with Crippen LogP contribution in [-0.4, -0.2) is 52.6 Å². The molecule has 1 saturated carbocycles. The van der Waals surface area contributed by atoms with Gasteiger partial charge in [-0.15, -0.1) is 0 Å². The van der Waals surface area contributed by atoms with Crippen LogP contribution in [0.3, 0.4) is 0 Å². The normalized spacial score (nSPS) is 17.1. The van der Waals surface area contributed by atoms with Crippen molar-refractivity contribution in [3.05, 3.63) is 29.3 Å². The van der Waals surface area contributed by atoms with Crippen molar-refractivity contribution in [3.63, 3.8) is 0 Å². The van der Waals surface area contributed by atoms with Crippen LogP contribution in [0.4, 0.5) is 4.79 Å². The van der Waals surface area contributed by atoms with E-state index in [0.29, 0.717) is 17.5 Å². The fraction of sp³-hybridized carbons (Fsp3) is 0.667. The van der Waals surface area contributed by atoms with E-state index in [1.807, 2.05) is 13.8 Å². The first-order valence-electron chi connectivity index (χ1n) is 12.7. The maximum Gasteiger partial charge on any atom is 0.408 e. The van der Waals surface area contributed by atoms with Crippen LogP contribution >= 0.6 is 0 Å². The second-order valence-corrected chi connectivity index (χ2v) is 10.8. The van der Waals surface area contributed by atoms with E-state index in [9.17, 15) is 19.5 Å². The highest BCUT2D eigenvalue weighted by Gasteiger charge is 2.37. The zero-order chi connectivity index (χ0) is 26.3. The second kappa shape index (κ2) is 12.3. The van der Waals surface area contributed by atoms with Gasteiger partial charge in [0.25, 0.3) is 0 Å². The van der Waals surface area contributed by atoms with Crippen molar-refractivity contribution >= 4 is 17.9 Å². The number of aromatic hydroxyl groups is 1. The lowest BCUT2D eigenvalue weighted by Gasteiger charge is -2.34. The van der Waals surface area contributed by atoms with Gasteiger partial charge in [0.15, 0.2) is 0 Å². The molecule has 3 unspecified atom stereocenters. The smallest absolute Gasteiger partial charge is 0.408 e. The third-order valence-corrected chi connectivity index (χ3v) is 6.62. The van der Waals surface area contributed by atoms with Gasteiger partial charge < -0.3 is 25.4 Å². The SMILES string of the molecule is CCC(C)C(NC(=O)OC(C)(C)C)C(=O)N(C)C(C(=O)NC1CCCCC1)c1ccc(O)c(C)c1. The molecule has 1 aliphatic rings. The van der Waals surface area contributed by atoms with Gasteiger partial charge >= 0.3 is 6.09 Å². The minimum absolute atomic E-state index is 0.0747. The molecule has 3 N–H and O–H groups in total. The molecule has 1 fully saturated rings. The van der Waals surface area contributed by atoms with Crippen molar-refractivity contribution < 1.29 is 24.2 Å². The molecule has 0 heterocycles. The summed E-state index contributed by atoms with van der Waals surface area (Å²) >= 11 is 0. The number of hydrogen-bond donors (Lipinski definition) is 3. The maximum absolute atomic E-state index is 13.7. The number of likely N-dealkylation sites (N-methyl/N-ethyl adjacent to an activating group) is 1. The molecule has 0 aromatic heterocycles. The van der Waals surface area contributed by atoms with Gasteiger partial charge in [-0.1, -0.05) is 45.6 Å². The monoisotopic (exact) mass is 489 g/mol. The first-order chi connectivity index (χ1) is 16.3. The number of phenolic OH excluding ortho intramolecular Hbond substituents is 1. The molecule has 1 aromatic carbocycles. The summed E-state index contributed by atoms with van der Waals surface area (Å²) in [6.45, 7) is 10.9. The van der Waals surface area contributed by atoms with E-state index >= 15 is 0 Å². The Kier molecular flexibility index (Phi) is 9.98. The largest absolute Gasteiger partial charge is 0.508 e. The quantitative estimate of drug-likeness (QED) is 0.495. The molecule has 2 rings (SSSR count). The summed E-state index contributed by atoms with van der Waals surface area (Å²) < 4.78 is 5.39. The van der Waals surface area contributed by atoms with E-state index in [1.165, 1.54) is 11.0 Å². The van der Waals surface area contributed by atoms with Crippen LogP contribution in [0.25, 0.3) is 0 Å². The lowest BCUT2D eigenvalue weighted by Crippen LogP contribution is -2.54. The van der Waals surface area contributed by atoms with Crippen LogP contribution in [0.1, 0.15) is 90.3 Å². The Hall–Kier alpha value is -2.77. The number of benzene rings is 1. The number of alkyl carbamates (subject to hydrolysis) is 1. The van der Waals surface area contributed by atoms with Crippen molar-refractivity contribution in [3.8, 4) is 5.75 Å². The topological polar surface area (TPSA) is 108 Å². The number of aryl methyl sites for hydroxylation is 1. The van der Waals surface area contributed by atoms with E-state index in [1.54, 1.807) is 46.9 Å². The highest BCUT2D eigenvalue weighted by Crippen LogP contribution is 2.28. The summed E-state index contributed by atoms with van der Waals surface area (Å²) in [6.07, 6.45) is 5.11. The van der Waals surface area contributed by atoms with E-state index in [-0.39, 0.29) is 29.5 Å². The number of hydrogen-bond acceptors (Lipinski definition) is 5. The molecule has 35 heavy (non-hydrogen) atoms. The number of nitrogens with one attached hydrogen (secondary N) is 2. The molecule has 1 aromatic rings. The Morgan fingerprint density at radius 1 is 1.17 bits per heavy atom. The predicted molar refractivity (Wildman–Crippen MR) is 136 cm³/mol. The molecule has 0 saturated heterocycles. The van der Waals surface area contributed by atoms with Gasteiger partial charge in [0.1, 0.15) is 23.4 Å². The predicted octanol–water partition coefficient (Wildman–Crippen LogP) is 4.59. The van der Waals surface area contributed by atoms with Gasteiger partial charge in [-0.25, -0.2) is 4.79 Å². The van der Waals surface area contributed by atoms with Gasteiger partial charge in [-0.3, -0.25) is 9.59 Å². The van der Waals surface area contributed by atoms with E-state index in [0.717, 1.165) is 32.1 Å². The van der Waals surface area contributed by atoms with Gasteiger partial charge in [0, 0.05) is 13.1 Å². The Labute approximate surface area is 209 Å². The van der Waals surface area contributed by atoms with Crippen molar-refractivity contribution in [2.24, 2.45) is 5.92 Å². The Morgan fingerprint density at radius 3 is 2.34 bits per heavy atom. The molecule has 196 valence electrons. The first kappa shape index (κ1) is 28.5. The molecular formula is C27H43N3O5. The van der Waals surface area contributed by atoms with Gasteiger partial charge in [-0.05, 0) is 69.7 Å². The van der Waals surface area contributed by atoms with E-state index in [2.05, 4.69) is 10.6 Å². The van der Waals surface area contributed by atoms with Gasteiger partial charge in [0.05, 0.1) is 0 Å². The fourth-order valence-corrected chi connectivity index (χ4v) is 4.39. The maximum atomic E-state index is 13.7. The van der Waals surface area contributed by atoms with Crippen LogP contribution < -0.4 is 10.6 Å². The van der Waals surface area contributed by atoms with Crippen molar-refractivity contribution in [2.45, 2.75) is 104 Å². The van der Waals surface area contributed by atoms with E-state index < -0.39 is 23.8 Å². The first-order valence-corrected chi connectivity index (χ1v) is 12.7. The summed E-state index contributed by atoms with van der Waals surface area (Å²) in [4.78, 5) is 41.2. The molecule has 8 nitrogen and oxygen atoms in total. The summed E-state index contributed by atoms with van der Waals surface area (Å²) in [5.74, 6) is -0.697. The zero-order valence-corrected chi connectivity index (χ0v) is 22.3. The van der Waals surface area contributed by atoms with E-state index in [4.69, 9.17) is 4.74 Å². The van der Waals surface area contributed by atoms with Crippen LogP contribution in [0.5, 0.6) is 5.75 Å². The number of carbonyl (C=O) groups excluding carboxylic acids is 3. The van der Waals surface area contributed by atoms with Crippen LogP contribution in [0.2, 0.25) is 0 Å². The lowest BCUT2D eigenvalue weighted by atomic mass is 9.93. The molecule has 0 bridgehead atoms. The minimum Gasteiger partial charge on any atom is -0.508 e. The van der Waals surface area contributed by atoms with Crippen molar-refractivity contribution in [1.29, 1.82) is 0 Å². The molecule has 3 amide bonds. The average Bonchev–Trinajstić information content (AvgIpc) is 2.78. The molecule has 0 radical (unpaired) electrons. The molecular weight excluding hydrogens is 446 g/mol. The van der Waals surface area contributed by atoms with Crippen LogP contribution in [-0.2, 0) is 14.3 Å². The average molecular weight is 490 g/mol. The molecule has 3 atom stereocenters. The number of phenols is 1. The number of nitrogens with zero attached hydrogens (tertiary/aromatic N) is 1. The number of amides is 3. The summed E-state index contributed by atoms with van der Waals surface area (Å²) in [7, 11) is 1.59. The highest BCUT2D eigenvalue weighted by molar-refractivity contribution is 5.92. The lowest BCUT2D eigenvalue weighted by molar-refractivity contribution is -0.142. The number of ether oxygens (including phenoxy) is 1. The third kappa shape index (κ3) is 8.15. The Bertz CT molecular complexity index is 889. The standard InChI is InChI=1S/C27H43N3O5/c1-8-17(2)22(29-26(34)35-27(4,5)6)25(33)30(7)23(19-14-15-21(31)18(3)16-19)24(32)28-20-12-10-9-11-13-20/h14-17,20,22-23,31H,8-13H2,1-7H3,(H,28,32)(H,29,34). The summed E-state index contributed by atoms with van der Waals surface area (Å²) in [5, 5.41) is 15.9. The van der Waals surface area contributed by atoms with Crippen molar-refractivity contribution in [1.82, 2.24) is 15.5 Å². The van der Waals surface area contributed by atoms with Crippen LogP contribution in [0, 0.1) is 12.8 Å². The van der Waals surface area contributed by atoms with Crippen LogP contribution in [0.15, 0.2) is 18.2 Å². The summed E-state index contributed by atoms with van der Waals surface area (Å²) in [5.41, 5.74) is 0.513. The highest BCUT2D eigenvalue weighted by atomic mass is 16.6. The second-order valence-electron chi connectivity index (χ2n) is 10.8. The minimum atomic E-state index is -0.907. The molecule has 0 spiro atoms. The van der Waals surface area contributed by atoms with Crippen molar-refractivity contribution in [2.75, 3.05) is 7.05 Å². The Balaban J connectivity index is 2.35. The third-order valence-electron chi connectivity index (χ3n) is 6.62.